The van der Waals surface area contributed by atoms with Gasteiger partial charge in [-0.05, 0) is 6.42 Å². The van der Waals surface area contributed by atoms with Crippen LogP contribution >= 0.6 is 11.8 Å². The number of ether oxygens (including phenoxy) is 1. The summed E-state index contributed by atoms with van der Waals surface area (Å²) in [5, 5.41) is 2.86. The molecule has 1 unspecified atom stereocenters. The Morgan fingerprint density at radius 1 is 1.62 bits per heavy atom. The highest BCUT2D eigenvalue weighted by Gasteiger charge is 2.23. The Labute approximate surface area is 98.9 Å². The van der Waals surface area contributed by atoms with Gasteiger partial charge in [0.15, 0.2) is 0 Å². The summed E-state index contributed by atoms with van der Waals surface area (Å²) in [7, 11) is 0. The predicted molar refractivity (Wildman–Crippen MR) is 61.4 cm³/mol. The van der Waals surface area contributed by atoms with E-state index in [1.807, 2.05) is 0 Å². The third kappa shape index (κ3) is 3.12. The van der Waals surface area contributed by atoms with Gasteiger partial charge in [-0.15, -0.1) is 0 Å². The lowest BCUT2D eigenvalue weighted by Gasteiger charge is -2.15. The molecule has 6 heteroatoms. The van der Waals surface area contributed by atoms with E-state index >= 15 is 0 Å². The topological polar surface area (TPSA) is 58.6 Å². The number of rotatable bonds is 4. The van der Waals surface area contributed by atoms with Gasteiger partial charge in [-0.2, -0.15) is 0 Å². The predicted octanol–water partition coefficient (Wildman–Crippen LogP) is 0.308. The molecule has 2 fully saturated rings. The van der Waals surface area contributed by atoms with Crippen LogP contribution in [0.4, 0.5) is 4.79 Å². The zero-order chi connectivity index (χ0) is 11.4. The summed E-state index contributed by atoms with van der Waals surface area (Å²) in [5.41, 5.74) is 0. The Hall–Kier alpha value is -0.750. The molecule has 0 saturated carbocycles. The number of amides is 2. The zero-order valence-corrected chi connectivity index (χ0v) is 9.92. The molecule has 16 heavy (non-hydrogen) atoms. The second kappa shape index (κ2) is 5.54. The van der Waals surface area contributed by atoms with Crippen molar-refractivity contribution in [3.8, 4) is 0 Å². The first kappa shape index (κ1) is 11.7. The van der Waals surface area contributed by atoms with E-state index in [1.165, 1.54) is 11.8 Å². The van der Waals surface area contributed by atoms with Gasteiger partial charge in [-0.1, -0.05) is 11.8 Å². The van der Waals surface area contributed by atoms with E-state index in [4.69, 9.17) is 4.74 Å². The Morgan fingerprint density at radius 2 is 2.50 bits per heavy atom. The van der Waals surface area contributed by atoms with Crippen LogP contribution < -0.4 is 5.32 Å². The van der Waals surface area contributed by atoms with Crippen LogP contribution in [0.25, 0.3) is 0 Å². The molecule has 2 amide bonds. The summed E-state index contributed by atoms with van der Waals surface area (Å²) < 4.78 is 5.22. The van der Waals surface area contributed by atoms with Gasteiger partial charge < -0.3 is 15.0 Å². The molecule has 2 aliphatic rings. The number of hydrogen-bond acceptors (Lipinski definition) is 4. The second-order valence-corrected chi connectivity index (χ2v) is 5.12. The quantitative estimate of drug-likeness (QED) is 0.773. The second-order valence-electron chi connectivity index (χ2n) is 4.07. The minimum atomic E-state index is -0.0669. The largest absolute Gasteiger partial charge is 0.381 e. The Bertz CT molecular complexity index is 279. The average molecular weight is 244 g/mol. The highest BCUT2D eigenvalue weighted by Crippen LogP contribution is 2.16. The van der Waals surface area contributed by atoms with Crippen LogP contribution in [-0.2, 0) is 9.53 Å². The summed E-state index contributed by atoms with van der Waals surface area (Å²) >= 11 is 1.28. The lowest BCUT2D eigenvalue weighted by atomic mass is 10.1. The van der Waals surface area contributed by atoms with Crippen molar-refractivity contribution < 1.29 is 14.3 Å². The third-order valence-electron chi connectivity index (χ3n) is 2.79. The molecule has 1 atom stereocenters. The van der Waals surface area contributed by atoms with Crippen LogP contribution in [0.5, 0.6) is 0 Å². The number of hydrogen-bond donors (Lipinski definition) is 1. The third-order valence-corrected chi connectivity index (χ3v) is 3.68. The molecule has 0 aromatic carbocycles. The fourth-order valence-electron chi connectivity index (χ4n) is 1.80. The molecule has 2 heterocycles. The van der Waals surface area contributed by atoms with Crippen LogP contribution in [-0.4, -0.2) is 54.6 Å². The minimum Gasteiger partial charge on any atom is -0.381 e. The van der Waals surface area contributed by atoms with E-state index in [-0.39, 0.29) is 17.7 Å². The summed E-state index contributed by atoms with van der Waals surface area (Å²) in [6.45, 7) is 3.07. The van der Waals surface area contributed by atoms with Gasteiger partial charge in [0.05, 0.1) is 6.61 Å². The van der Waals surface area contributed by atoms with Gasteiger partial charge in [-0.25, -0.2) is 0 Å². The Kier molecular flexibility index (Phi) is 4.06. The maximum absolute atomic E-state index is 11.5. The summed E-state index contributed by atoms with van der Waals surface area (Å²) in [6.07, 6.45) is 1.01. The molecule has 0 bridgehead atoms. The lowest BCUT2D eigenvalue weighted by Crippen LogP contribution is -2.39. The molecule has 90 valence electrons. The van der Waals surface area contributed by atoms with E-state index in [1.54, 1.807) is 4.90 Å². The first-order chi connectivity index (χ1) is 7.75. The van der Waals surface area contributed by atoms with Gasteiger partial charge >= 0.3 is 0 Å². The maximum atomic E-state index is 11.5. The highest BCUT2D eigenvalue weighted by atomic mass is 32.2. The fraction of sp³-hybridized carbons (Fsp3) is 0.800. The van der Waals surface area contributed by atoms with Crippen molar-refractivity contribution in [1.82, 2.24) is 10.2 Å². The van der Waals surface area contributed by atoms with Crippen molar-refractivity contribution >= 4 is 22.9 Å². The van der Waals surface area contributed by atoms with Crippen LogP contribution in [0.1, 0.15) is 6.42 Å². The van der Waals surface area contributed by atoms with Gasteiger partial charge in [0.2, 0.25) is 5.91 Å². The van der Waals surface area contributed by atoms with Crippen molar-refractivity contribution in [3.63, 3.8) is 0 Å². The monoisotopic (exact) mass is 244 g/mol. The Balaban J connectivity index is 1.65. The van der Waals surface area contributed by atoms with Crippen molar-refractivity contribution in [2.45, 2.75) is 6.42 Å². The molecule has 0 spiro atoms. The van der Waals surface area contributed by atoms with E-state index in [0.717, 1.165) is 25.4 Å². The standard InChI is InChI=1S/C10H16N2O3S/c13-9(6-12-2-4-16-10(12)14)11-5-8-1-3-15-7-8/h8H,1-7H2,(H,11,13). The summed E-state index contributed by atoms with van der Waals surface area (Å²) in [5.74, 6) is 1.16. The molecular formula is C10H16N2O3S. The van der Waals surface area contributed by atoms with E-state index < -0.39 is 0 Å². The zero-order valence-electron chi connectivity index (χ0n) is 9.11. The first-order valence-corrected chi connectivity index (χ1v) is 6.50. The Morgan fingerprint density at radius 3 is 3.12 bits per heavy atom. The number of carbonyl (C=O) groups is 2. The van der Waals surface area contributed by atoms with Crippen molar-refractivity contribution in [3.05, 3.63) is 0 Å². The molecular weight excluding hydrogens is 228 g/mol. The maximum Gasteiger partial charge on any atom is 0.282 e. The molecule has 2 aliphatic heterocycles. The SMILES string of the molecule is O=C(CN1CCSC1=O)NCC1CCOC1. The van der Waals surface area contributed by atoms with Gasteiger partial charge in [0.1, 0.15) is 6.54 Å². The van der Waals surface area contributed by atoms with E-state index in [2.05, 4.69) is 5.32 Å². The first-order valence-electron chi connectivity index (χ1n) is 5.52. The minimum absolute atomic E-state index is 0.0133. The number of thioether (sulfide) groups is 1. The molecule has 5 nitrogen and oxygen atoms in total. The van der Waals surface area contributed by atoms with Crippen LogP contribution in [0.3, 0.4) is 0 Å². The van der Waals surface area contributed by atoms with Crippen LogP contribution in [0, 0.1) is 5.92 Å². The number of nitrogens with zero attached hydrogens (tertiary/aromatic N) is 1. The lowest BCUT2D eigenvalue weighted by molar-refractivity contribution is -0.121. The number of nitrogens with one attached hydrogen (secondary N) is 1. The van der Waals surface area contributed by atoms with Gasteiger partial charge in [0, 0.05) is 31.4 Å². The molecule has 0 aromatic rings. The smallest absolute Gasteiger partial charge is 0.282 e. The number of carbonyl (C=O) groups excluding carboxylic acids is 2. The summed E-state index contributed by atoms with van der Waals surface area (Å²) in [6, 6.07) is 0. The van der Waals surface area contributed by atoms with Gasteiger partial charge in [0.25, 0.3) is 5.24 Å². The average Bonchev–Trinajstić information content (AvgIpc) is 2.88. The molecule has 2 rings (SSSR count). The molecule has 0 radical (unpaired) electrons. The molecule has 2 saturated heterocycles. The molecule has 1 N–H and O–H groups in total. The van der Waals surface area contributed by atoms with Crippen molar-refractivity contribution in [2.75, 3.05) is 38.6 Å². The van der Waals surface area contributed by atoms with E-state index in [9.17, 15) is 9.59 Å². The van der Waals surface area contributed by atoms with Crippen molar-refractivity contribution in [2.24, 2.45) is 5.92 Å². The van der Waals surface area contributed by atoms with Gasteiger partial charge in [-0.3, -0.25) is 9.59 Å². The normalized spacial score (nSPS) is 25.1. The van der Waals surface area contributed by atoms with E-state index in [0.29, 0.717) is 19.0 Å². The fourth-order valence-corrected chi connectivity index (χ4v) is 2.63. The summed E-state index contributed by atoms with van der Waals surface area (Å²) in [4.78, 5) is 24.4. The molecule has 0 aromatic heterocycles. The van der Waals surface area contributed by atoms with Crippen molar-refractivity contribution in [1.29, 1.82) is 0 Å². The molecule has 0 aliphatic carbocycles. The van der Waals surface area contributed by atoms with Crippen LogP contribution in [0.15, 0.2) is 0 Å². The van der Waals surface area contributed by atoms with Crippen LogP contribution in [0.2, 0.25) is 0 Å². The highest BCUT2D eigenvalue weighted by molar-refractivity contribution is 8.13.